The van der Waals surface area contributed by atoms with Gasteiger partial charge in [0.2, 0.25) is 0 Å². The highest BCUT2D eigenvalue weighted by molar-refractivity contribution is 6.30. The largest absolute Gasteiger partial charge is 0.467 e. The molecule has 6 nitrogen and oxygen atoms in total. The van der Waals surface area contributed by atoms with Crippen LogP contribution in [0.3, 0.4) is 0 Å². The number of carbonyl (C=O) groups excluding carboxylic acids is 1. The summed E-state index contributed by atoms with van der Waals surface area (Å²) in [5, 5.41) is 4.75. The lowest BCUT2D eigenvalue weighted by Crippen LogP contribution is -2.24. The number of hydrogen-bond acceptors (Lipinski definition) is 5. The third-order valence-electron chi connectivity index (χ3n) is 4.25. The molecule has 1 aliphatic rings. The van der Waals surface area contributed by atoms with Gasteiger partial charge in [0.25, 0.3) is 0 Å². The van der Waals surface area contributed by atoms with E-state index in [0.717, 1.165) is 11.1 Å². The van der Waals surface area contributed by atoms with Crippen LogP contribution in [-0.2, 0) is 27.5 Å². The summed E-state index contributed by atoms with van der Waals surface area (Å²) in [5.41, 5.74) is 2.34. The topological polar surface area (TPSA) is 62.6 Å². The molecular weight excluding hydrogens is 368 g/mol. The minimum Gasteiger partial charge on any atom is -0.467 e. The predicted octanol–water partition coefficient (Wildman–Crippen LogP) is 3.74. The average Bonchev–Trinajstić information content (AvgIpc) is 3.21. The third kappa shape index (κ3) is 3.82. The molecule has 1 atom stereocenters. The first-order chi connectivity index (χ1) is 13.2. The second-order valence-corrected chi connectivity index (χ2v) is 6.51. The lowest BCUT2D eigenvalue weighted by molar-refractivity contribution is -0.148. The van der Waals surface area contributed by atoms with Crippen LogP contribution in [0.15, 0.2) is 60.9 Å². The number of hydrogen-bond donors (Lipinski definition) is 0. The molecule has 0 N–H and O–H groups in total. The van der Waals surface area contributed by atoms with Gasteiger partial charge in [-0.05, 0) is 23.8 Å². The van der Waals surface area contributed by atoms with Crippen LogP contribution in [0.25, 0.3) is 0 Å². The second kappa shape index (κ2) is 7.82. The molecule has 27 heavy (non-hydrogen) atoms. The van der Waals surface area contributed by atoms with Crippen molar-refractivity contribution in [2.45, 2.75) is 19.3 Å². The van der Waals surface area contributed by atoms with Gasteiger partial charge in [0.05, 0.1) is 6.61 Å². The van der Waals surface area contributed by atoms with Gasteiger partial charge < -0.3 is 14.2 Å². The van der Waals surface area contributed by atoms with Crippen molar-refractivity contribution in [3.05, 3.63) is 82.6 Å². The Morgan fingerprint density at radius 3 is 2.89 bits per heavy atom. The van der Waals surface area contributed by atoms with Crippen molar-refractivity contribution in [3.8, 4) is 5.75 Å². The fourth-order valence-corrected chi connectivity index (χ4v) is 3.32. The molecule has 1 aliphatic heterocycles. The monoisotopic (exact) mass is 384 g/mol. The zero-order chi connectivity index (χ0) is 18.6. The van der Waals surface area contributed by atoms with E-state index < -0.39 is 12.0 Å². The number of fused-ring (bicyclic) bond motifs is 1. The molecule has 0 fully saturated rings. The molecule has 4 rings (SSSR count). The number of ether oxygens (including phenoxy) is 3. The highest BCUT2D eigenvalue weighted by Crippen LogP contribution is 2.32. The lowest BCUT2D eigenvalue weighted by atomic mass is 10.1. The van der Waals surface area contributed by atoms with Crippen molar-refractivity contribution in [1.82, 2.24) is 9.78 Å². The Morgan fingerprint density at radius 1 is 1.26 bits per heavy atom. The van der Waals surface area contributed by atoms with Crippen molar-refractivity contribution in [1.29, 1.82) is 0 Å². The van der Waals surface area contributed by atoms with E-state index in [1.54, 1.807) is 35.3 Å². The van der Waals surface area contributed by atoms with Gasteiger partial charge in [-0.15, -0.1) is 0 Å². The maximum atomic E-state index is 12.9. The summed E-state index contributed by atoms with van der Waals surface area (Å²) in [6.07, 6.45) is 3.37. The Kier molecular flexibility index (Phi) is 5.09. The van der Waals surface area contributed by atoms with E-state index in [4.69, 9.17) is 25.8 Å². The summed E-state index contributed by atoms with van der Waals surface area (Å²) < 4.78 is 18.0. The fraction of sp³-hybridized carbons (Fsp3) is 0.200. The van der Waals surface area contributed by atoms with Crippen molar-refractivity contribution < 1.29 is 19.0 Å². The van der Waals surface area contributed by atoms with Gasteiger partial charge in [0.15, 0.2) is 12.8 Å². The van der Waals surface area contributed by atoms with Crippen LogP contribution >= 0.6 is 11.6 Å². The number of nitrogens with zero attached hydrogens (tertiary/aromatic N) is 2. The summed E-state index contributed by atoms with van der Waals surface area (Å²) in [5.74, 6) is 0.250. The van der Waals surface area contributed by atoms with E-state index in [-0.39, 0.29) is 13.4 Å². The van der Waals surface area contributed by atoms with Gasteiger partial charge in [-0.1, -0.05) is 41.9 Å². The quantitative estimate of drug-likeness (QED) is 0.627. The van der Waals surface area contributed by atoms with Crippen molar-refractivity contribution in [2.24, 2.45) is 0 Å². The SMILES string of the molecule is O=C(OCc1cc(Cl)cc2c1OCOC2)[C@H](c1ccccc1)n1cccn1. The standard InChI is InChI=1S/C20H17ClN2O4/c21-17-9-15-11-25-13-27-19(15)16(10-17)12-26-20(24)18(23-8-4-7-22-23)14-5-2-1-3-6-14/h1-10,18H,11-13H2/t18-/m0/s1. The molecule has 0 unspecified atom stereocenters. The summed E-state index contributed by atoms with van der Waals surface area (Å²) in [6.45, 7) is 0.624. The molecule has 138 valence electrons. The van der Waals surface area contributed by atoms with E-state index in [0.29, 0.717) is 22.9 Å². The summed E-state index contributed by atoms with van der Waals surface area (Å²) in [6, 6.07) is 14.0. The van der Waals surface area contributed by atoms with E-state index in [1.807, 2.05) is 30.3 Å². The molecule has 0 spiro atoms. The number of rotatable bonds is 5. The Balaban J connectivity index is 1.57. The Bertz CT molecular complexity index is 929. The minimum atomic E-state index is -0.666. The summed E-state index contributed by atoms with van der Waals surface area (Å²) in [4.78, 5) is 12.9. The van der Waals surface area contributed by atoms with Gasteiger partial charge in [0, 0.05) is 28.5 Å². The van der Waals surface area contributed by atoms with Crippen molar-refractivity contribution in [2.75, 3.05) is 6.79 Å². The number of benzene rings is 2. The van der Waals surface area contributed by atoms with Crippen LogP contribution in [0, 0.1) is 0 Å². The van der Waals surface area contributed by atoms with Crippen molar-refractivity contribution >= 4 is 17.6 Å². The normalized spacial score (nSPS) is 14.1. The third-order valence-corrected chi connectivity index (χ3v) is 4.47. The number of carbonyl (C=O) groups is 1. The smallest absolute Gasteiger partial charge is 0.335 e. The molecular formula is C20H17ClN2O4. The van der Waals surface area contributed by atoms with Crippen LogP contribution in [-0.4, -0.2) is 22.5 Å². The summed E-state index contributed by atoms with van der Waals surface area (Å²) >= 11 is 6.17. The molecule has 0 saturated heterocycles. The highest BCUT2D eigenvalue weighted by atomic mass is 35.5. The minimum absolute atomic E-state index is 0.0479. The number of aromatic nitrogens is 2. The molecule has 0 radical (unpaired) electrons. The average molecular weight is 385 g/mol. The number of halogens is 1. The predicted molar refractivity (Wildman–Crippen MR) is 98.3 cm³/mol. The summed E-state index contributed by atoms with van der Waals surface area (Å²) in [7, 11) is 0. The van der Waals surface area contributed by atoms with Gasteiger partial charge in [-0.2, -0.15) is 5.10 Å². The van der Waals surface area contributed by atoms with Crippen LogP contribution < -0.4 is 4.74 Å². The molecule has 2 aromatic carbocycles. The molecule has 7 heteroatoms. The van der Waals surface area contributed by atoms with Crippen LogP contribution in [0.2, 0.25) is 5.02 Å². The highest BCUT2D eigenvalue weighted by Gasteiger charge is 2.25. The van der Waals surface area contributed by atoms with E-state index >= 15 is 0 Å². The first-order valence-corrected chi connectivity index (χ1v) is 8.83. The van der Waals surface area contributed by atoms with Crippen LogP contribution in [0.5, 0.6) is 5.75 Å². The van der Waals surface area contributed by atoms with Crippen LogP contribution in [0.1, 0.15) is 22.7 Å². The molecule has 1 aromatic heterocycles. The Labute approximate surface area is 161 Å². The zero-order valence-corrected chi connectivity index (χ0v) is 15.1. The molecule has 3 aromatic rings. The molecule has 0 aliphatic carbocycles. The second-order valence-electron chi connectivity index (χ2n) is 6.07. The fourth-order valence-electron chi connectivity index (χ4n) is 3.06. The van der Waals surface area contributed by atoms with E-state index in [1.165, 1.54) is 0 Å². The first kappa shape index (κ1) is 17.6. The maximum absolute atomic E-state index is 12.9. The number of esters is 1. The zero-order valence-electron chi connectivity index (χ0n) is 14.4. The molecule has 0 saturated carbocycles. The molecule has 2 heterocycles. The first-order valence-electron chi connectivity index (χ1n) is 8.45. The van der Waals surface area contributed by atoms with Gasteiger partial charge in [-0.3, -0.25) is 4.68 Å². The van der Waals surface area contributed by atoms with Gasteiger partial charge in [0.1, 0.15) is 12.4 Å². The van der Waals surface area contributed by atoms with Gasteiger partial charge in [-0.25, -0.2) is 4.79 Å². The maximum Gasteiger partial charge on any atom is 0.335 e. The molecule has 0 amide bonds. The lowest BCUT2D eigenvalue weighted by Gasteiger charge is -2.22. The van der Waals surface area contributed by atoms with Gasteiger partial charge >= 0.3 is 5.97 Å². The molecule has 0 bridgehead atoms. The van der Waals surface area contributed by atoms with E-state index in [9.17, 15) is 4.79 Å². The van der Waals surface area contributed by atoms with Crippen molar-refractivity contribution in [3.63, 3.8) is 0 Å². The Hall–Kier alpha value is -2.83. The van der Waals surface area contributed by atoms with E-state index in [2.05, 4.69) is 5.10 Å². The Morgan fingerprint density at radius 2 is 2.11 bits per heavy atom. The van der Waals surface area contributed by atoms with Crippen LogP contribution in [0.4, 0.5) is 0 Å².